The summed E-state index contributed by atoms with van der Waals surface area (Å²) in [5, 5.41) is 8.89. The van der Waals surface area contributed by atoms with E-state index < -0.39 is 0 Å². The second-order valence-corrected chi connectivity index (χ2v) is 2.82. The number of hydrogen-bond donors (Lipinski definition) is 2. The van der Waals surface area contributed by atoms with Crippen molar-refractivity contribution in [1.29, 1.82) is 0 Å². The van der Waals surface area contributed by atoms with Gasteiger partial charge in [-0.05, 0) is 17.7 Å². The van der Waals surface area contributed by atoms with Crippen molar-refractivity contribution in [2.45, 2.75) is 6.61 Å². The zero-order valence-corrected chi connectivity index (χ0v) is 10.1. The first-order chi connectivity index (χ1) is 6.86. The molecule has 1 aromatic carbocycles. The van der Waals surface area contributed by atoms with Crippen LogP contribution in [0.4, 0.5) is 0 Å². The van der Waals surface area contributed by atoms with Crippen LogP contribution >= 0.6 is 17.0 Å². The van der Waals surface area contributed by atoms with Crippen LogP contribution in [-0.2, 0) is 6.61 Å². The third-order valence-corrected chi connectivity index (χ3v) is 1.73. The van der Waals surface area contributed by atoms with Gasteiger partial charge in [-0.25, -0.2) is 0 Å². The van der Waals surface area contributed by atoms with E-state index in [-0.39, 0.29) is 23.6 Å². The monoisotopic (exact) mass is 273 g/mol. The van der Waals surface area contributed by atoms with Gasteiger partial charge >= 0.3 is 0 Å². The molecule has 0 spiro atoms. The van der Waals surface area contributed by atoms with Crippen LogP contribution in [0.2, 0.25) is 0 Å². The van der Waals surface area contributed by atoms with Gasteiger partial charge in [-0.3, -0.25) is 0 Å². The lowest BCUT2D eigenvalue weighted by atomic mass is 10.2. The predicted molar refractivity (Wildman–Crippen MR) is 66.4 cm³/mol. The highest BCUT2D eigenvalue weighted by atomic mass is 79.9. The summed E-state index contributed by atoms with van der Waals surface area (Å²) >= 11 is 0. The number of benzene rings is 1. The topological polar surface area (TPSA) is 55.5 Å². The molecule has 0 saturated carbocycles. The van der Waals surface area contributed by atoms with Crippen molar-refractivity contribution in [3.8, 4) is 5.75 Å². The Hall–Kier alpha value is -0.840. The maximum atomic E-state index is 8.89. The first-order valence-corrected chi connectivity index (χ1v) is 4.54. The predicted octanol–water partition coefficient (Wildman–Crippen LogP) is 1.65. The van der Waals surface area contributed by atoms with Gasteiger partial charge in [0, 0.05) is 6.54 Å². The van der Waals surface area contributed by atoms with E-state index in [9.17, 15) is 0 Å². The summed E-state index contributed by atoms with van der Waals surface area (Å²) in [5.74, 6) is 0.762. The summed E-state index contributed by atoms with van der Waals surface area (Å²) in [6.45, 7) is 1.07. The van der Waals surface area contributed by atoms with Crippen molar-refractivity contribution >= 4 is 17.0 Å². The van der Waals surface area contributed by atoms with Crippen LogP contribution in [-0.4, -0.2) is 18.3 Å². The minimum atomic E-state index is 0. The van der Waals surface area contributed by atoms with Gasteiger partial charge in [-0.2, -0.15) is 0 Å². The summed E-state index contributed by atoms with van der Waals surface area (Å²) in [7, 11) is 0. The molecule has 3 nitrogen and oxygen atoms in total. The van der Waals surface area contributed by atoms with E-state index in [0.717, 1.165) is 11.3 Å². The highest BCUT2D eigenvalue weighted by Gasteiger charge is 1.93. The Morgan fingerprint density at radius 2 is 2.13 bits per heavy atom. The lowest BCUT2D eigenvalue weighted by Gasteiger charge is -2.04. The van der Waals surface area contributed by atoms with E-state index in [1.165, 1.54) is 0 Å². The Morgan fingerprint density at radius 3 is 2.80 bits per heavy atom. The second kappa shape index (κ2) is 8.47. The zero-order chi connectivity index (χ0) is 10.2. The van der Waals surface area contributed by atoms with E-state index in [2.05, 4.69) is 0 Å². The number of halogens is 1. The number of rotatable bonds is 5. The minimum Gasteiger partial charge on any atom is -0.490 e. The zero-order valence-electron chi connectivity index (χ0n) is 8.43. The average molecular weight is 274 g/mol. The molecule has 0 fully saturated rings. The van der Waals surface area contributed by atoms with E-state index in [1.807, 2.05) is 36.4 Å². The van der Waals surface area contributed by atoms with Gasteiger partial charge in [0.05, 0.1) is 6.61 Å². The Labute approximate surface area is 100 Å². The van der Waals surface area contributed by atoms with Crippen LogP contribution in [0.25, 0.3) is 0 Å². The van der Waals surface area contributed by atoms with E-state index in [1.54, 1.807) is 0 Å². The second-order valence-electron chi connectivity index (χ2n) is 2.82. The molecule has 0 radical (unpaired) electrons. The third-order valence-electron chi connectivity index (χ3n) is 1.73. The molecule has 3 N–H and O–H groups in total. The van der Waals surface area contributed by atoms with E-state index in [4.69, 9.17) is 15.6 Å². The largest absolute Gasteiger partial charge is 0.490 e. The highest BCUT2D eigenvalue weighted by Crippen LogP contribution is 2.12. The first-order valence-electron chi connectivity index (χ1n) is 4.54. The Kier molecular flexibility index (Phi) is 7.99. The number of hydrogen-bond acceptors (Lipinski definition) is 3. The molecule has 84 valence electrons. The summed E-state index contributed by atoms with van der Waals surface area (Å²) in [4.78, 5) is 0. The third kappa shape index (κ3) is 5.57. The molecule has 0 amide bonds. The van der Waals surface area contributed by atoms with Gasteiger partial charge in [0.15, 0.2) is 0 Å². The van der Waals surface area contributed by atoms with Crippen molar-refractivity contribution < 1.29 is 9.84 Å². The maximum Gasteiger partial charge on any atom is 0.120 e. The molecule has 1 rings (SSSR count). The number of nitrogens with two attached hydrogens (primary N) is 1. The number of aliphatic hydroxyl groups excluding tert-OH is 1. The van der Waals surface area contributed by atoms with Gasteiger partial charge < -0.3 is 15.6 Å². The van der Waals surface area contributed by atoms with Gasteiger partial charge in [-0.15, -0.1) is 17.0 Å². The first kappa shape index (κ1) is 14.2. The van der Waals surface area contributed by atoms with Gasteiger partial charge in [0.2, 0.25) is 0 Å². The summed E-state index contributed by atoms with van der Waals surface area (Å²) in [5.41, 5.74) is 6.13. The minimum absolute atomic E-state index is 0. The SMILES string of the molecule is Br.NC/C=C\COc1cccc(CO)c1. The standard InChI is InChI=1S/C11H15NO2.BrH/c12-6-1-2-7-14-11-5-3-4-10(8-11)9-13;/h1-5,8,13H,6-7,9,12H2;1H/b2-1-;. The fraction of sp³-hybridized carbons (Fsp3) is 0.273. The molecule has 0 bridgehead atoms. The van der Waals surface area contributed by atoms with Crippen molar-refractivity contribution in [3.05, 3.63) is 42.0 Å². The Morgan fingerprint density at radius 1 is 1.33 bits per heavy atom. The molecule has 0 aliphatic heterocycles. The number of aliphatic hydroxyl groups is 1. The van der Waals surface area contributed by atoms with Gasteiger partial charge in [0.25, 0.3) is 0 Å². The van der Waals surface area contributed by atoms with Crippen molar-refractivity contribution in [1.82, 2.24) is 0 Å². The molecule has 0 aliphatic carbocycles. The molecular formula is C11H16BrNO2. The fourth-order valence-corrected chi connectivity index (χ4v) is 1.04. The summed E-state index contributed by atoms with van der Waals surface area (Å²) in [6, 6.07) is 7.38. The maximum absolute atomic E-state index is 8.89. The smallest absolute Gasteiger partial charge is 0.120 e. The van der Waals surface area contributed by atoms with Crippen molar-refractivity contribution in [2.75, 3.05) is 13.2 Å². The molecule has 0 atom stereocenters. The summed E-state index contributed by atoms with van der Waals surface area (Å²) in [6.07, 6.45) is 3.71. The van der Waals surface area contributed by atoms with Crippen LogP contribution in [0, 0.1) is 0 Å². The highest BCUT2D eigenvalue weighted by molar-refractivity contribution is 8.93. The van der Waals surface area contributed by atoms with Gasteiger partial charge in [-0.1, -0.05) is 24.3 Å². The van der Waals surface area contributed by atoms with Crippen LogP contribution in [0.15, 0.2) is 36.4 Å². The average Bonchev–Trinajstić information content (AvgIpc) is 2.25. The van der Waals surface area contributed by atoms with Crippen LogP contribution in [0.3, 0.4) is 0 Å². The molecular weight excluding hydrogens is 258 g/mol. The fourth-order valence-electron chi connectivity index (χ4n) is 1.04. The molecule has 0 aliphatic rings. The Bertz CT molecular complexity index is 302. The normalized spacial score (nSPS) is 10.0. The van der Waals surface area contributed by atoms with Crippen LogP contribution < -0.4 is 10.5 Å². The lowest BCUT2D eigenvalue weighted by Crippen LogP contribution is -1.97. The lowest BCUT2D eigenvalue weighted by molar-refractivity contribution is 0.280. The molecule has 0 saturated heterocycles. The quantitative estimate of drug-likeness (QED) is 0.803. The molecule has 0 aromatic heterocycles. The van der Waals surface area contributed by atoms with E-state index in [0.29, 0.717) is 13.2 Å². The van der Waals surface area contributed by atoms with E-state index >= 15 is 0 Å². The number of ether oxygens (including phenoxy) is 1. The molecule has 0 heterocycles. The van der Waals surface area contributed by atoms with Crippen LogP contribution in [0.1, 0.15) is 5.56 Å². The molecule has 0 unspecified atom stereocenters. The Balaban J connectivity index is 0.00000196. The molecule has 1 aromatic rings. The molecule has 15 heavy (non-hydrogen) atoms. The van der Waals surface area contributed by atoms with Crippen molar-refractivity contribution in [2.24, 2.45) is 5.73 Å². The summed E-state index contributed by atoms with van der Waals surface area (Å²) < 4.78 is 5.40. The van der Waals surface area contributed by atoms with Gasteiger partial charge in [0.1, 0.15) is 12.4 Å². The molecule has 4 heteroatoms. The van der Waals surface area contributed by atoms with Crippen LogP contribution in [0.5, 0.6) is 5.75 Å². The van der Waals surface area contributed by atoms with Crippen molar-refractivity contribution in [3.63, 3.8) is 0 Å².